The number of hydrogen-bond donors (Lipinski definition) is 3. The van der Waals surface area contributed by atoms with E-state index in [1.165, 1.54) is 0 Å². The molecule has 8 nitrogen and oxygen atoms in total. The van der Waals surface area contributed by atoms with Gasteiger partial charge in [-0.15, -0.1) is 0 Å². The van der Waals surface area contributed by atoms with E-state index in [2.05, 4.69) is 10.6 Å². The number of aliphatic hydroxyl groups excluding tert-OH is 1. The Kier molecular flexibility index (Phi) is 12.1. The Morgan fingerprint density at radius 2 is 1.68 bits per heavy atom. The van der Waals surface area contributed by atoms with E-state index in [0.717, 1.165) is 40.7 Å². The molecule has 1 atom stereocenters. The van der Waals surface area contributed by atoms with E-state index in [-0.39, 0.29) is 37.7 Å². The van der Waals surface area contributed by atoms with Crippen molar-refractivity contribution in [3.05, 3.63) is 97.5 Å². The Balaban J connectivity index is 1.31. The van der Waals surface area contributed by atoms with Crippen molar-refractivity contribution >= 4 is 52.2 Å². The molecular formula is C36H40Cl3N3O5. The van der Waals surface area contributed by atoms with Gasteiger partial charge in [-0.25, -0.2) is 0 Å². The van der Waals surface area contributed by atoms with Crippen molar-refractivity contribution in [2.45, 2.75) is 57.7 Å². The summed E-state index contributed by atoms with van der Waals surface area (Å²) in [5.74, 6) is 0.956. The third kappa shape index (κ3) is 9.00. The Morgan fingerprint density at radius 3 is 2.34 bits per heavy atom. The molecule has 11 heteroatoms. The van der Waals surface area contributed by atoms with Gasteiger partial charge in [0.25, 0.3) is 5.91 Å². The minimum absolute atomic E-state index is 0.0296. The Morgan fingerprint density at radius 1 is 0.979 bits per heavy atom. The number of benzene rings is 3. The van der Waals surface area contributed by atoms with Gasteiger partial charge in [-0.3, -0.25) is 9.59 Å². The molecule has 47 heavy (non-hydrogen) atoms. The van der Waals surface area contributed by atoms with Crippen molar-refractivity contribution in [3.63, 3.8) is 0 Å². The van der Waals surface area contributed by atoms with Crippen LogP contribution in [0.25, 0.3) is 5.57 Å². The molecule has 1 aliphatic carbocycles. The minimum Gasteiger partial charge on any atom is -0.490 e. The van der Waals surface area contributed by atoms with Crippen LogP contribution in [0.1, 0.15) is 47.9 Å². The van der Waals surface area contributed by atoms with Gasteiger partial charge < -0.3 is 30.1 Å². The van der Waals surface area contributed by atoms with Gasteiger partial charge in [-0.2, -0.15) is 0 Å². The number of nitrogens with zero attached hydrogens (tertiary/aromatic N) is 1. The van der Waals surface area contributed by atoms with E-state index >= 15 is 0 Å². The second-order valence-electron chi connectivity index (χ2n) is 11.9. The summed E-state index contributed by atoms with van der Waals surface area (Å²) in [4.78, 5) is 28.1. The van der Waals surface area contributed by atoms with Gasteiger partial charge in [-0.1, -0.05) is 59.1 Å². The largest absolute Gasteiger partial charge is 0.490 e. The molecule has 1 heterocycles. The highest BCUT2D eigenvalue weighted by atomic mass is 35.5. The van der Waals surface area contributed by atoms with Crippen molar-refractivity contribution in [1.29, 1.82) is 0 Å². The predicted molar refractivity (Wildman–Crippen MR) is 186 cm³/mol. The summed E-state index contributed by atoms with van der Waals surface area (Å²) in [6, 6.07) is 16.6. The average molecular weight is 701 g/mol. The quantitative estimate of drug-likeness (QED) is 0.169. The molecule has 1 aliphatic heterocycles. The number of ether oxygens (including phenoxy) is 2. The van der Waals surface area contributed by atoms with Crippen LogP contribution in [0.3, 0.4) is 0 Å². The fourth-order valence-electron chi connectivity index (χ4n) is 5.81. The Hall–Kier alpha value is -3.27. The highest BCUT2D eigenvalue weighted by Crippen LogP contribution is 2.36. The molecule has 3 N–H and O–H groups in total. The lowest BCUT2D eigenvalue weighted by Gasteiger charge is -2.33. The fraction of sp³-hybridized carbons (Fsp3) is 0.389. The summed E-state index contributed by atoms with van der Waals surface area (Å²) in [5, 5.41) is 17.8. The SMILES string of the molecule is CNC(=O)CCc1ccc(Cl)c(CN(C(=O)C2=C(c3ccc(OCCOc4c(Cl)cc(C)cc4Cl)cc3)CCN[C@@H]2CO)C2CC2)c1. The predicted octanol–water partition coefficient (Wildman–Crippen LogP) is 6.39. The Labute approximate surface area is 291 Å². The number of carbonyl (C=O) groups excluding carboxylic acids is 2. The first-order valence-electron chi connectivity index (χ1n) is 15.9. The number of aliphatic hydroxyl groups is 1. The van der Waals surface area contributed by atoms with Gasteiger partial charge in [0, 0.05) is 36.7 Å². The third-order valence-corrected chi connectivity index (χ3v) is 9.35. The molecule has 3 aromatic carbocycles. The molecule has 250 valence electrons. The van der Waals surface area contributed by atoms with Gasteiger partial charge >= 0.3 is 0 Å². The second-order valence-corrected chi connectivity index (χ2v) is 13.1. The lowest BCUT2D eigenvalue weighted by molar-refractivity contribution is -0.128. The normalized spacial score (nSPS) is 16.2. The van der Waals surface area contributed by atoms with Crippen LogP contribution in [0.15, 0.2) is 60.2 Å². The van der Waals surface area contributed by atoms with E-state index in [4.69, 9.17) is 44.3 Å². The van der Waals surface area contributed by atoms with E-state index in [1.54, 1.807) is 19.2 Å². The van der Waals surface area contributed by atoms with Gasteiger partial charge in [0.1, 0.15) is 19.0 Å². The van der Waals surface area contributed by atoms with Crippen molar-refractivity contribution in [1.82, 2.24) is 15.5 Å². The van der Waals surface area contributed by atoms with Crippen LogP contribution in [0.5, 0.6) is 11.5 Å². The maximum absolute atomic E-state index is 14.4. The minimum atomic E-state index is -0.490. The molecule has 2 aliphatic rings. The number of amides is 2. The lowest BCUT2D eigenvalue weighted by Crippen LogP contribution is -2.46. The maximum Gasteiger partial charge on any atom is 0.252 e. The zero-order chi connectivity index (χ0) is 33.5. The molecule has 0 radical (unpaired) electrons. The zero-order valence-corrected chi connectivity index (χ0v) is 28.9. The van der Waals surface area contributed by atoms with Gasteiger partial charge in [0.05, 0.1) is 22.7 Å². The van der Waals surface area contributed by atoms with Crippen molar-refractivity contribution in [2.75, 3.05) is 33.4 Å². The van der Waals surface area contributed by atoms with Crippen molar-refractivity contribution in [2.24, 2.45) is 0 Å². The number of aryl methyl sites for hydroxylation is 2. The number of carbonyl (C=O) groups is 2. The summed E-state index contributed by atoms with van der Waals surface area (Å²) < 4.78 is 11.7. The molecule has 3 aromatic rings. The first kappa shape index (κ1) is 35.0. The zero-order valence-electron chi connectivity index (χ0n) is 26.6. The van der Waals surface area contributed by atoms with Crippen LogP contribution in [0.4, 0.5) is 0 Å². The topological polar surface area (TPSA) is 100 Å². The lowest BCUT2D eigenvalue weighted by atomic mass is 9.88. The molecule has 0 saturated heterocycles. The summed E-state index contributed by atoms with van der Waals surface area (Å²) in [7, 11) is 1.62. The van der Waals surface area contributed by atoms with Gasteiger partial charge in [0.15, 0.2) is 5.75 Å². The molecule has 1 saturated carbocycles. The average Bonchev–Trinajstić information content (AvgIpc) is 3.91. The highest BCUT2D eigenvalue weighted by Gasteiger charge is 2.38. The monoisotopic (exact) mass is 699 g/mol. The van der Waals surface area contributed by atoms with E-state index < -0.39 is 6.04 Å². The smallest absolute Gasteiger partial charge is 0.252 e. The standard InChI is InChI=1S/C36H40Cl3N3O5/c1-22-17-30(38)35(31(39)18-22)47-16-15-46-27-9-5-24(6-10-27)28-13-14-41-32(21-43)34(28)36(45)42(26-7-8-26)20-25-19-23(3-11-29(25)37)4-12-33(44)40-2/h3,5-6,9-11,17-19,26,32,41,43H,4,7-8,12-16,20-21H2,1-2H3,(H,40,44)/t32-/m1/s1. The number of nitrogens with one attached hydrogen (secondary N) is 2. The highest BCUT2D eigenvalue weighted by molar-refractivity contribution is 6.37. The van der Waals surface area contributed by atoms with Crippen LogP contribution in [-0.4, -0.2) is 67.3 Å². The summed E-state index contributed by atoms with van der Waals surface area (Å²) in [6.45, 7) is 3.24. The molecular weight excluding hydrogens is 661 g/mol. The number of hydrogen-bond acceptors (Lipinski definition) is 6. The summed E-state index contributed by atoms with van der Waals surface area (Å²) in [5.41, 5.74) is 5.16. The molecule has 0 unspecified atom stereocenters. The van der Waals surface area contributed by atoms with Gasteiger partial charge in [0.2, 0.25) is 5.91 Å². The van der Waals surface area contributed by atoms with Crippen LogP contribution < -0.4 is 20.1 Å². The van der Waals surface area contributed by atoms with Crippen LogP contribution in [0.2, 0.25) is 15.1 Å². The van der Waals surface area contributed by atoms with Crippen LogP contribution >= 0.6 is 34.8 Å². The summed E-state index contributed by atoms with van der Waals surface area (Å²) >= 11 is 19.2. The van der Waals surface area contributed by atoms with Crippen LogP contribution in [-0.2, 0) is 22.6 Å². The molecule has 0 aromatic heterocycles. The molecule has 5 rings (SSSR count). The molecule has 0 bridgehead atoms. The van der Waals surface area contributed by atoms with E-state index in [1.807, 2.05) is 54.3 Å². The number of halogens is 3. The Bertz CT molecular complexity index is 1600. The van der Waals surface area contributed by atoms with E-state index in [0.29, 0.717) is 64.5 Å². The fourth-order valence-corrected chi connectivity index (χ4v) is 6.69. The van der Waals surface area contributed by atoms with Gasteiger partial charge in [-0.05, 0) is 97.3 Å². The first-order chi connectivity index (χ1) is 22.7. The van der Waals surface area contributed by atoms with E-state index in [9.17, 15) is 14.7 Å². The molecule has 1 fully saturated rings. The van der Waals surface area contributed by atoms with Crippen LogP contribution in [0, 0.1) is 6.92 Å². The third-order valence-electron chi connectivity index (χ3n) is 8.42. The molecule has 0 spiro atoms. The maximum atomic E-state index is 14.4. The molecule has 2 amide bonds. The first-order valence-corrected chi connectivity index (χ1v) is 17.0. The number of rotatable bonds is 14. The van der Waals surface area contributed by atoms with Crippen molar-refractivity contribution < 1.29 is 24.2 Å². The second kappa shape index (κ2) is 16.2. The van der Waals surface area contributed by atoms with Crippen molar-refractivity contribution in [3.8, 4) is 11.5 Å². The summed E-state index contributed by atoms with van der Waals surface area (Å²) in [6.07, 6.45) is 3.42.